The van der Waals surface area contributed by atoms with Crippen LogP contribution in [0.25, 0.3) is 136 Å². The second-order valence-corrected chi connectivity index (χ2v) is 17.5. The van der Waals surface area contributed by atoms with Gasteiger partial charge in [0.15, 0.2) is 17.5 Å². The van der Waals surface area contributed by atoms with Crippen LogP contribution in [0.5, 0.6) is 0 Å². The summed E-state index contributed by atoms with van der Waals surface area (Å²) in [7, 11) is 0. The van der Waals surface area contributed by atoms with Crippen molar-refractivity contribution in [3.63, 3.8) is 0 Å². The maximum Gasteiger partial charge on any atom is 0.167 e. The van der Waals surface area contributed by atoms with Gasteiger partial charge in [0.2, 0.25) is 0 Å². The molecule has 0 aliphatic heterocycles. The van der Waals surface area contributed by atoms with E-state index >= 15 is 0 Å². The zero-order valence-electron chi connectivity index (χ0n) is 33.6. The summed E-state index contributed by atoms with van der Waals surface area (Å²) >= 11 is 1.79. The molecule has 0 N–H and O–H groups in total. The summed E-state index contributed by atoms with van der Waals surface area (Å²) in [6.07, 6.45) is 0. The number of rotatable bonds is 4. The Morgan fingerprint density at radius 3 is 1.62 bits per heavy atom. The van der Waals surface area contributed by atoms with Crippen molar-refractivity contribution in [2.45, 2.75) is 0 Å². The highest BCUT2D eigenvalue weighted by atomic mass is 32.1. The third-order valence-corrected chi connectivity index (χ3v) is 13.9. The molecule has 0 aliphatic rings. The number of thiophene rings is 1. The molecule has 4 aromatic heterocycles. The number of nitrogens with zero attached hydrogens (tertiary/aromatic N) is 4. The molecule has 0 atom stereocenters. The van der Waals surface area contributed by atoms with Crippen molar-refractivity contribution < 1.29 is 4.42 Å². The van der Waals surface area contributed by atoms with Crippen molar-refractivity contribution in [3.8, 4) is 39.9 Å². The zero-order valence-corrected chi connectivity index (χ0v) is 34.4. The minimum Gasteiger partial charge on any atom is -0.455 e. The van der Waals surface area contributed by atoms with Gasteiger partial charge < -0.3 is 8.98 Å². The van der Waals surface area contributed by atoms with Crippen LogP contribution in [0.2, 0.25) is 0 Å². The van der Waals surface area contributed by atoms with E-state index in [4.69, 9.17) is 19.4 Å². The molecule has 4 heterocycles. The molecule has 0 aliphatic carbocycles. The van der Waals surface area contributed by atoms with Gasteiger partial charge in [0.25, 0.3) is 0 Å². The first-order valence-electron chi connectivity index (χ1n) is 21.2. The van der Waals surface area contributed by atoms with Gasteiger partial charge in [0.05, 0.1) is 16.6 Å². The average molecular weight is 821 g/mol. The lowest BCUT2D eigenvalue weighted by Gasteiger charge is -2.13. The molecule has 63 heavy (non-hydrogen) atoms. The maximum atomic E-state index is 6.83. The van der Waals surface area contributed by atoms with Crippen molar-refractivity contribution in [2.24, 2.45) is 0 Å². The fourth-order valence-electron chi connectivity index (χ4n) is 9.72. The maximum absolute atomic E-state index is 6.83. The topological polar surface area (TPSA) is 56.7 Å². The summed E-state index contributed by atoms with van der Waals surface area (Å²) < 4.78 is 11.7. The Hall–Kier alpha value is -8.19. The Balaban J connectivity index is 1.08. The molecule has 14 aromatic rings. The molecule has 292 valence electrons. The molecule has 6 heteroatoms. The quantitative estimate of drug-likeness (QED) is 0.177. The van der Waals surface area contributed by atoms with Gasteiger partial charge in [-0.15, -0.1) is 11.3 Å². The van der Waals surface area contributed by atoms with Crippen LogP contribution in [0, 0.1) is 0 Å². The summed E-state index contributed by atoms with van der Waals surface area (Å²) in [4.78, 5) is 16.0. The second-order valence-electron chi connectivity index (χ2n) is 16.4. The molecule has 0 saturated carbocycles. The highest BCUT2D eigenvalue weighted by molar-refractivity contribution is 7.25. The van der Waals surface area contributed by atoms with Gasteiger partial charge in [0, 0.05) is 58.5 Å². The molecular formula is C57H32N4OS. The lowest BCUT2D eigenvalue weighted by atomic mass is 10.0. The smallest absolute Gasteiger partial charge is 0.167 e. The van der Waals surface area contributed by atoms with E-state index in [0.29, 0.717) is 17.5 Å². The van der Waals surface area contributed by atoms with E-state index in [0.717, 1.165) is 66.1 Å². The number of hydrogen-bond acceptors (Lipinski definition) is 5. The molecule has 0 bridgehead atoms. The highest BCUT2D eigenvalue weighted by Gasteiger charge is 2.23. The molecule has 14 rings (SSSR count). The Morgan fingerprint density at radius 1 is 0.365 bits per heavy atom. The predicted octanol–water partition coefficient (Wildman–Crippen LogP) is 15.7. The van der Waals surface area contributed by atoms with Crippen LogP contribution in [0.1, 0.15) is 0 Å². The van der Waals surface area contributed by atoms with Crippen molar-refractivity contribution >= 4 is 108 Å². The van der Waals surface area contributed by atoms with Gasteiger partial charge in [-0.1, -0.05) is 133 Å². The molecular weight excluding hydrogens is 789 g/mol. The monoisotopic (exact) mass is 820 g/mol. The summed E-state index contributed by atoms with van der Waals surface area (Å²) in [5.74, 6) is 1.75. The third kappa shape index (κ3) is 5.32. The first-order chi connectivity index (χ1) is 31.2. The van der Waals surface area contributed by atoms with Gasteiger partial charge in [-0.2, -0.15) is 0 Å². The normalized spacial score (nSPS) is 12.1. The van der Waals surface area contributed by atoms with E-state index in [1.807, 2.05) is 12.1 Å². The third-order valence-electron chi connectivity index (χ3n) is 12.7. The summed E-state index contributed by atoms with van der Waals surface area (Å²) in [6, 6.07) is 69.3. The number of para-hydroxylation sites is 1. The molecule has 0 spiro atoms. The Kier molecular flexibility index (Phi) is 7.21. The van der Waals surface area contributed by atoms with Crippen LogP contribution in [0.3, 0.4) is 0 Å². The van der Waals surface area contributed by atoms with E-state index in [-0.39, 0.29) is 0 Å². The molecule has 0 amide bonds. The van der Waals surface area contributed by atoms with Crippen molar-refractivity contribution in [2.75, 3.05) is 0 Å². The largest absolute Gasteiger partial charge is 0.455 e. The summed E-state index contributed by atoms with van der Waals surface area (Å²) in [5.41, 5.74) is 7.43. The standard InChI is InChI=1S/C57H32N4OS/c1-2-12-34-25-39(22-21-33(34)11-1)55-58-56(40-23-24-44-43-18-8-10-20-52(43)63-53(44)30-40)60-57(59-55)48-32-41(31-47-42-17-7-9-19-51(42)62-54(47)48)61-49-28-37-15-5-3-13-35(37)26-45(49)46-27-36-14-4-6-16-38(36)29-50(46)61/h1-32H. The molecule has 5 nitrogen and oxygen atoms in total. The Morgan fingerprint density at radius 2 is 0.905 bits per heavy atom. The van der Waals surface area contributed by atoms with E-state index in [9.17, 15) is 0 Å². The van der Waals surface area contributed by atoms with Gasteiger partial charge in [-0.25, -0.2) is 15.0 Å². The average Bonchev–Trinajstić information content (AvgIpc) is 4.00. The molecule has 10 aromatic carbocycles. The fourth-order valence-corrected chi connectivity index (χ4v) is 10.9. The van der Waals surface area contributed by atoms with Crippen molar-refractivity contribution in [1.29, 1.82) is 0 Å². The van der Waals surface area contributed by atoms with Crippen molar-refractivity contribution in [1.82, 2.24) is 19.5 Å². The number of benzene rings is 10. The van der Waals surface area contributed by atoms with Crippen LogP contribution >= 0.6 is 11.3 Å². The lowest BCUT2D eigenvalue weighted by molar-refractivity contribution is 0.669. The number of aromatic nitrogens is 4. The Labute approximate surface area is 363 Å². The molecule has 0 saturated heterocycles. The van der Waals surface area contributed by atoms with Gasteiger partial charge in [0.1, 0.15) is 11.2 Å². The zero-order chi connectivity index (χ0) is 41.2. The second kappa shape index (κ2) is 13.2. The van der Waals surface area contributed by atoms with E-state index in [1.54, 1.807) is 11.3 Å². The highest BCUT2D eigenvalue weighted by Crippen LogP contribution is 2.43. The van der Waals surface area contributed by atoms with E-state index in [2.05, 4.69) is 187 Å². The van der Waals surface area contributed by atoms with Crippen LogP contribution < -0.4 is 0 Å². The predicted molar refractivity (Wildman–Crippen MR) is 263 cm³/mol. The minimum absolute atomic E-state index is 0.544. The van der Waals surface area contributed by atoms with Gasteiger partial charge >= 0.3 is 0 Å². The number of hydrogen-bond donors (Lipinski definition) is 0. The summed E-state index contributed by atoms with van der Waals surface area (Å²) in [6.45, 7) is 0. The number of fused-ring (bicyclic) bond motifs is 12. The fraction of sp³-hybridized carbons (Fsp3) is 0. The molecule has 0 unspecified atom stereocenters. The van der Waals surface area contributed by atoms with Gasteiger partial charge in [-0.3, -0.25) is 0 Å². The Bertz CT molecular complexity index is 4140. The molecule has 0 fully saturated rings. The van der Waals surface area contributed by atoms with Crippen molar-refractivity contribution in [3.05, 3.63) is 194 Å². The molecule has 0 radical (unpaired) electrons. The van der Waals surface area contributed by atoms with Gasteiger partial charge in [-0.05, 0) is 93.0 Å². The minimum atomic E-state index is 0.544. The van der Waals surface area contributed by atoms with Crippen LogP contribution in [-0.4, -0.2) is 19.5 Å². The van der Waals surface area contributed by atoms with Crippen LogP contribution in [-0.2, 0) is 0 Å². The first kappa shape index (κ1) is 34.5. The SMILES string of the molecule is c1ccc2cc(-c3nc(-c4ccc5c(c4)sc4ccccc45)nc(-c4cc(-n5c6cc7ccccc7cc6c6cc7ccccc7cc65)cc5c4oc4ccccc45)n3)ccc2c1. The number of furan rings is 1. The van der Waals surface area contributed by atoms with E-state index in [1.165, 1.54) is 52.5 Å². The van der Waals surface area contributed by atoms with E-state index < -0.39 is 0 Å². The van der Waals surface area contributed by atoms with Crippen LogP contribution in [0.15, 0.2) is 199 Å². The first-order valence-corrected chi connectivity index (χ1v) is 22.0. The van der Waals surface area contributed by atoms with Crippen LogP contribution in [0.4, 0.5) is 0 Å². The summed E-state index contributed by atoms with van der Waals surface area (Å²) in [5, 5.41) is 14.0. The lowest BCUT2D eigenvalue weighted by Crippen LogP contribution is -2.02.